The summed E-state index contributed by atoms with van der Waals surface area (Å²) in [5, 5.41) is 7.06. The quantitative estimate of drug-likeness (QED) is 0.464. The molecule has 0 atom stereocenters. The van der Waals surface area contributed by atoms with Gasteiger partial charge in [0.1, 0.15) is 0 Å². The molecule has 0 aliphatic rings. The number of anilines is 1. The topological polar surface area (TPSA) is 70.7 Å². The molecule has 0 fully saturated rings. The van der Waals surface area contributed by atoms with E-state index in [0.717, 1.165) is 40.7 Å². The van der Waals surface area contributed by atoms with E-state index in [-0.39, 0.29) is 5.91 Å². The minimum Gasteiger partial charge on any atom is -0.353 e. The summed E-state index contributed by atoms with van der Waals surface area (Å²) in [4.78, 5) is 24.1. The summed E-state index contributed by atoms with van der Waals surface area (Å²) >= 11 is 7.63. The van der Waals surface area contributed by atoms with Gasteiger partial charge in [0.15, 0.2) is 5.13 Å². The summed E-state index contributed by atoms with van der Waals surface area (Å²) in [5.74, 6) is -0.0257. The van der Waals surface area contributed by atoms with Crippen molar-refractivity contribution in [2.24, 2.45) is 0 Å². The van der Waals surface area contributed by atoms with Crippen LogP contribution in [-0.2, 0) is 11.2 Å². The van der Waals surface area contributed by atoms with E-state index in [1.165, 1.54) is 11.3 Å². The number of aromatic nitrogens is 3. The van der Waals surface area contributed by atoms with Gasteiger partial charge in [-0.05, 0) is 48.7 Å². The Bertz CT molecular complexity index is 1060. The fourth-order valence-corrected chi connectivity index (χ4v) is 3.82. The predicted octanol–water partition coefficient (Wildman–Crippen LogP) is 5.30. The van der Waals surface area contributed by atoms with E-state index in [0.29, 0.717) is 16.6 Å². The first-order chi connectivity index (χ1) is 13.2. The van der Waals surface area contributed by atoms with E-state index in [9.17, 15) is 4.79 Å². The van der Waals surface area contributed by atoms with Crippen molar-refractivity contribution in [1.82, 2.24) is 15.0 Å². The molecule has 0 spiro atoms. The summed E-state index contributed by atoms with van der Waals surface area (Å²) in [5.41, 5.74) is 4.01. The van der Waals surface area contributed by atoms with E-state index >= 15 is 0 Å². The van der Waals surface area contributed by atoms with Crippen molar-refractivity contribution in [3.63, 3.8) is 0 Å². The lowest BCUT2D eigenvalue weighted by Gasteiger charge is -2.05. The second kappa shape index (κ2) is 7.90. The fourth-order valence-electron chi connectivity index (χ4n) is 3.10. The van der Waals surface area contributed by atoms with Gasteiger partial charge in [0, 0.05) is 40.1 Å². The first-order valence-electron chi connectivity index (χ1n) is 8.61. The van der Waals surface area contributed by atoms with Crippen LogP contribution in [-0.4, -0.2) is 20.9 Å². The Morgan fingerprint density at radius 2 is 2.11 bits per heavy atom. The SMILES string of the molecule is O=C(CCCc1c(-c2ccccn2)[nH]c2ccc(Cl)cc12)Nc1nccs1. The molecule has 7 heteroatoms. The minimum atomic E-state index is -0.0257. The second-order valence-corrected chi connectivity index (χ2v) is 7.45. The Morgan fingerprint density at radius 3 is 2.89 bits per heavy atom. The third-order valence-corrected chi connectivity index (χ3v) is 5.22. The van der Waals surface area contributed by atoms with Crippen LogP contribution in [0.3, 0.4) is 0 Å². The van der Waals surface area contributed by atoms with Gasteiger partial charge in [-0.3, -0.25) is 9.78 Å². The number of carbonyl (C=O) groups is 1. The number of fused-ring (bicyclic) bond motifs is 1. The van der Waals surface area contributed by atoms with Gasteiger partial charge >= 0.3 is 0 Å². The zero-order chi connectivity index (χ0) is 18.6. The number of thiazole rings is 1. The molecular formula is C20H17ClN4OS. The number of aryl methyl sites for hydroxylation is 1. The molecular weight excluding hydrogens is 380 g/mol. The lowest BCUT2D eigenvalue weighted by Crippen LogP contribution is -2.11. The van der Waals surface area contributed by atoms with Gasteiger partial charge in [-0.1, -0.05) is 17.7 Å². The maximum absolute atomic E-state index is 12.1. The molecule has 5 nitrogen and oxygen atoms in total. The Kier molecular flexibility index (Phi) is 5.18. The summed E-state index contributed by atoms with van der Waals surface area (Å²) in [6, 6.07) is 11.6. The molecule has 4 rings (SSSR count). The number of hydrogen-bond acceptors (Lipinski definition) is 4. The van der Waals surface area contributed by atoms with Crippen LogP contribution in [0.2, 0.25) is 5.02 Å². The Labute approximate surface area is 165 Å². The number of hydrogen-bond donors (Lipinski definition) is 2. The van der Waals surface area contributed by atoms with Crippen molar-refractivity contribution in [3.05, 3.63) is 64.8 Å². The first-order valence-corrected chi connectivity index (χ1v) is 9.87. The van der Waals surface area contributed by atoms with Crippen molar-refractivity contribution in [1.29, 1.82) is 0 Å². The molecule has 0 saturated carbocycles. The van der Waals surface area contributed by atoms with Crippen LogP contribution < -0.4 is 5.32 Å². The molecule has 1 aromatic carbocycles. The van der Waals surface area contributed by atoms with E-state index in [1.807, 2.05) is 41.8 Å². The third-order valence-electron chi connectivity index (χ3n) is 4.30. The van der Waals surface area contributed by atoms with E-state index in [1.54, 1.807) is 12.4 Å². The van der Waals surface area contributed by atoms with Gasteiger partial charge in [0.2, 0.25) is 5.91 Å². The Morgan fingerprint density at radius 1 is 1.19 bits per heavy atom. The zero-order valence-corrected chi connectivity index (χ0v) is 16.0. The van der Waals surface area contributed by atoms with Crippen LogP contribution in [0.4, 0.5) is 5.13 Å². The van der Waals surface area contributed by atoms with Gasteiger partial charge in [-0.15, -0.1) is 11.3 Å². The predicted molar refractivity (Wildman–Crippen MR) is 110 cm³/mol. The van der Waals surface area contributed by atoms with Gasteiger partial charge < -0.3 is 10.3 Å². The lowest BCUT2D eigenvalue weighted by atomic mass is 10.0. The van der Waals surface area contributed by atoms with Gasteiger partial charge in [0.25, 0.3) is 0 Å². The van der Waals surface area contributed by atoms with Crippen molar-refractivity contribution >= 4 is 44.9 Å². The Balaban J connectivity index is 1.56. The summed E-state index contributed by atoms with van der Waals surface area (Å²) in [6.07, 6.45) is 5.34. The maximum atomic E-state index is 12.1. The van der Waals surface area contributed by atoms with Crippen LogP contribution in [0, 0.1) is 0 Å². The van der Waals surface area contributed by atoms with Crippen molar-refractivity contribution in [2.45, 2.75) is 19.3 Å². The van der Waals surface area contributed by atoms with Gasteiger partial charge in [-0.2, -0.15) is 0 Å². The average molecular weight is 397 g/mol. The number of amides is 1. The van der Waals surface area contributed by atoms with Gasteiger partial charge in [-0.25, -0.2) is 4.98 Å². The summed E-state index contributed by atoms with van der Waals surface area (Å²) < 4.78 is 0. The molecule has 4 aromatic rings. The molecule has 3 heterocycles. The van der Waals surface area contributed by atoms with Crippen LogP contribution in [0.25, 0.3) is 22.3 Å². The second-order valence-electron chi connectivity index (χ2n) is 6.12. The highest BCUT2D eigenvalue weighted by molar-refractivity contribution is 7.13. The number of nitrogens with zero attached hydrogens (tertiary/aromatic N) is 2. The van der Waals surface area contributed by atoms with Crippen LogP contribution in [0.15, 0.2) is 54.2 Å². The first kappa shape index (κ1) is 17.7. The van der Waals surface area contributed by atoms with Crippen LogP contribution >= 0.6 is 22.9 Å². The monoisotopic (exact) mass is 396 g/mol. The number of halogens is 1. The van der Waals surface area contributed by atoms with E-state index in [4.69, 9.17) is 11.6 Å². The molecule has 0 saturated heterocycles. The Hall–Kier alpha value is -2.70. The van der Waals surface area contributed by atoms with Crippen molar-refractivity contribution < 1.29 is 4.79 Å². The number of benzene rings is 1. The highest BCUT2D eigenvalue weighted by Crippen LogP contribution is 2.32. The lowest BCUT2D eigenvalue weighted by molar-refractivity contribution is -0.116. The molecule has 0 aliphatic carbocycles. The van der Waals surface area contributed by atoms with Crippen molar-refractivity contribution in [3.8, 4) is 11.4 Å². The molecule has 1 amide bonds. The number of aromatic amines is 1. The number of nitrogens with one attached hydrogen (secondary N) is 2. The number of rotatable bonds is 6. The third kappa shape index (κ3) is 4.02. The minimum absolute atomic E-state index is 0.0257. The van der Waals surface area contributed by atoms with E-state index < -0.39 is 0 Å². The highest BCUT2D eigenvalue weighted by Gasteiger charge is 2.15. The normalized spacial score (nSPS) is 11.0. The average Bonchev–Trinajstić information content (AvgIpc) is 3.30. The van der Waals surface area contributed by atoms with Crippen LogP contribution in [0.5, 0.6) is 0 Å². The van der Waals surface area contributed by atoms with E-state index in [2.05, 4.69) is 20.3 Å². The largest absolute Gasteiger partial charge is 0.353 e. The summed E-state index contributed by atoms with van der Waals surface area (Å²) in [7, 11) is 0. The highest BCUT2D eigenvalue weighted by atomic mass is 35.5. The van der Waals surface area contributed by atoms with Gasteiger partial charge in [0.05, 0.1) is 11.4 Å². The molecule has 0 bridgehead atoms. The van der Waals surface area contributed by atoms with Crippen LogP contribution in [0.1, 0.15) is 18.4 Å². The standard InChI is InChI=1S/C20H17ClN4OS/c21-13-7-8-16-15(12-13)14(19(24-16)17-5-1-2-9-22-17)4-3-6-18(26)25-20-23-10-11-27-20/h1-2,5,7-12,24H,3-4,6H2,(H,23,25,26). The smallest absolute Gasteiger partial charge is 0.226 e. The maximum Gasteiger partial charge on any atom is 0.226 e. The molecule has 2 N–H and O–H groups in total. The molecule has 0 radical (unpaired) electrons. The summed E-state index contributed by atoms with van der Waals surface area (Å²) in [6.45, 7) is 0. The number of pyridine rings is 1. The molecule has 136 valence electrons. The van der Waals surface area contributed by atoms with Crippen molar-refractivity contribution in [2.75, 3.05) is 5.32 Å². The molecule has 0 aliphatic heterocycles. The zero-order valence-electron chi connectivity index (χ0n) is 14.4. The molecule has 27 heavy (non-hydrogen) atoms. The number of carbonyl (C=O) groups excluding carboxylic acids is 1. The fraction of sp³-hybridized carbons (Fsp3) is 0.150. The number of H-pyrrole nitrogens is 1. The molecule has 0 unspecified atom stereocenters. The molecule has 3 aromatic heterocycles.